The molecule has 0 saturated heterocycles. The molecule has 114 valence electrons. The average molecular weight is 298 g/mol. The Labute approximate surface area is 128 Å². The largest absolute Gasteiger partial charge is 0.316 e. The van der Waals surface area contributed by atoms with Gasteiger partial charge < -0.3 is 5.32 Å². The number of likely N-dealkylation sites (N-methyl/N-ethyl adjacent to an activating group) is 1. The Bertz CT molecular complexity index is 433. The first-order valence-corrected chi connectivity index (χ1v) is 8.32. The van der Waals surface area contributed by atoms with Crippen molar-refractivity contribution in [1.29, 1.82) is 0 Å². The minimum atomic E-state index is 0.514. The van der Waals surface area contributed by atoms with Gasteiger partial charge in [-0.1, -0.05) is 38.3 Å². The Morgan fingerprint density at radius 1 is 1.35 bits per heavy atom. The Morgan fingerprint density at radius 2 is 2.00 bits per heavy atom. The first kappa shape index (κ1) is 15.8. The van der Waals surface area contributed by atoms with E-state index in [1.807, 2.05) is 11.7 Å². The summed E-state index contributed by atoms with van der Waals surface area (Å²) in [5.74, 6) is 1.67. The third kappa shape index (κ3) is 3.37. The van der Waals surface area contributed by atoms with E-state index in [4.69, 9.17) is 11.6 Å². The number of nitrogens with one attached hydrogen (secondary N) is 1. The van der Waals surface area contributed by atoms with Crippen LogP contribution in [0.2, 0.25) is 5.02 Å². The standard InChI is InChI=1S/C16H28ClN3/c1-5-13-16(17)15(20(4)19-13)10-14(18-3)12-8-6-11(2)7-9-12/h11-12,14,18H,5-10H2,1-4H3. The van der Waals surface area contributed by atoms with Crippen LogP contribution in [-0.2, 0) is 19.9 Å². The van der Waals surface area contributed by atoms with Crippen molar-refractivity contribution in [2.24, 2.45) is 18.9 Å². The molecule has 2 rings (SSSR count). The van der Waals surface area contributed by atoms with Crippen LogP contribution in [0.4, 0.5) is 0 Å². The predicted octanol–water partition coefficient (Wildman–Crippen LogP) is 3.59. The van der Waals surface area contributed by atoms with Crippen LogP contribution in [0.1, 0.15) is 50.9 Å². The molecule has 1 fully saturated rings. The zero-order valence-corrected chi connectivity index (χ0v) is 14.0. The summed E-state index contributed by atoms with van der Waals surface area (Å²) in [6.07, 6.45) is 7.28. The van der Waals surface area contributed by atoms with Crippen molar-refractivity contribution in [3.8, 4) is 0 Å². The van der Waals surface area contributed by atoms with Crippen LogP contribution in [0.25, 0.3) is 0 Å². The van der Waals surface area contributed by atoms with E-state index in [0.29, 0.717) is 6.04 Å². The summed E-state index contributed by atoms with van der Waals surface area (Å²) in [6, 6.07) is 0.514. The molecule has 0 bridgehead atoms. The Morgan fingerprint density at radius 3 is 2.50 bits per heavy atom. The van der Waals surface area contributed by atoms with Gasteiger partial charge in [0.1, 0.15) is 0 Å². The normalized spacial score (nSPS) is 24.9. The van der Waals surface area contributed by atoms with Crippen LogP contribution < -0.4 is 5.32 Å². The molecule has 0 aliphatic heterocycles. The van der Waals surface area contributed by atoms with Crippen molar-refractivity contribution < 1.29 is 0 Å². The van der Waals surface area contributed by atoms with Gasteiger partial charge in [0.2, 0.25) is 0 Å². The predicted molar refractivity (Wildman–Crippen MR) is 85.3 cm³/mol. The van der Waals surface area contributed by atoms with Gasteiger partial charge in [0, 0.05) is 19.5 Å². The third-order valence-electron chi connectivity index (χ3n) is 4.92. The topological polar surface area (TPSA) is 29.9 Å². The van der Waals surface area contributed by atoms with Crippen molar-refractivity contribution in [2.75, 3.05) is 7.05 Å². The zero-order chi connectivity index (χ0) is 14.7. The number of hydrogen-bond acceptors (Lipinski definition) is 2. The molecule has 1 aliphatic carbocycles. The number of hydrogen-bond donors (Lipinski definition) is 1. The second-order valence-corrected chi connectivity index (χ2v) is 6.68. The molecule has 1 saturated carbocycles. The molecule has 0 aromatic carbocycles. The summed E-state index contributed by atoms with van der Waals surface area (Å²) in [4.78, 5) is 0. The Hall–Kier alpha value is -0.540. The second-order valence-electron chi connectivity index (χ2n) is 6.30. The number of aromatic nitrogens is 2. The van der Waals surface area contributed by atoms with Gasteiger partial charge in [-0.3, -0.25) is 4.68 Å². The molecule has 1 aromatic rings. The monoisotopic (exact) mass is 297 g/mol. The van der Waals surface area contributed by atoms with E-state index in [9.17, 15) is 0 Å². The number of halogens is 1. The lowest BCUT2D eigenvalue weighted by Crippen LogP contribution is -2.38. The first-order chi connectivity index (χ1) is 9.56. The van der Waals surface area contributed by atoms with Crippen molar-refractivity contribution >= 4 is 11.6 Å². The summed E-state index contributed by atoms with van der Waals surface area (Å²) in [5, 5.41) is 8.92. The highest BCUT2D eigenvalue weighted by molar-refractivity contribution is 6.31. The lowest BCUT2D eigenvalue weighted by molar-refractivity contribution is 0.233. The van der Waals surface area contributed by atoms with Crippen molar-refractivity contribution in [3.05, 3.63) is 16.4 Å². The summed E-state index contributed by atoms with van der Waals surface area (Å²) in [5.41, 5.74) is 2.21. The van der Waals surface area contributed by atoms with Gasteiger partial charge in [-0.25, -0.2) is 0 Å². The van der Waals surface area contributed by atoms with Crippen molar-refractivity contribution in [3.63, 3.8) is 0 Å². The first-order valence-electron chi connectivity index (χ1n) is 7.94. The van der Waals surface area contributed by atoms with E-state index in [1.165, 1.54) is 31.4 Å². The van der Waals surface area contributed by atoms with E-state index in [1.54, 1.807) is 0 Å². The zero-order valence-electron chi connectivity index (χ0n) is 13.2. The number of nitrogens with zero attached hydrogens (tertiary/aromatic N) is 2. The highest BCUT2D eigenvalue weighted by atomic mass is 35.5. The Balaban J connectivity index is 2.08. The summed E-state index contributed by atoms with van der Waals surface area (Å²) in [7, 11) is 4.09. The van der Waals surface area contributed by atoms with Crippen molar-refractivity contribution in [1.82, 2.24) is 15.1 Å². The maximum Gasteiger partial charge on any atom is 0.0850 e. The molecule has 1 atom stereocenters. The minimum absolute atomic E-state index is 0.514. The summed E-state index contributed by atoms with van der Waals surface area (Å²) >= 11 is 6.48. The maximum absolute atomic E-state index is 6.48. The van der Waals surface area contributed by atoms with Crippen LogP contribution in [0.5, 0.6) is 0 Å². The van der Waals surface area contributed by atoms with Crippen LogP contribution in [0.15, 0.2) is 0 Å². The van der Waals surface area contributed by atoms with Crippen LogP contribution >= 0.6 is 11.6 Å². The highest BCUT2D eigenvalue weighted by Gasteiger charge is 2.27. The molecule has 1 aliphatic rings. The number of rotatable bonds is 5. The van der Waals surface area contributed by atoms with Crippen LogP contribution in [-0.4, -0.2) is 22.9 Å². The molecule has 0 radical (unpaired) electrons. The average Bonchev–Trinajstić information content (AvgIpc) is 2.72. The van der Waals surface area contributed by atoms with E-state index >= 15 is 0 Å². The molecule has 1 N–H and O–H groups in total. The fourth-order valence-electron chi connectivity index (χ4n) is 3.44. The maximum atomic E-state index is 6.48. The second kappa shape index (κ2) is 6.95. The third-order valence-corrected chi connectivity index (χ3v) is 5.35. The SMILES string of the molecule is CCc1nn(C)c(CC(NC)C2CCC(C)CC2)c1Cl. The fraction of sp³-hybridized carbons (Fsp3) is 0.812. The molecule has 3 nitrogen and oxygen atoms in total. The smallest absolute Gasteiger partial charge is 0.0850 e. The summed E-state index contributed by atoms with van der Waals surface area (Å²) < 4.78 is 1.97. The van der Waals surface area contributed by atoms with E-state index < -0.39 is 0 Å². The van der Waals surface area contributed by atoms with E-state index in [2.05, 4.69) is 31.3 Å². The lowest BCUT2D eigenvalue weighted by Gasteiger charge is -2.32. The molecule has 1 heterocycles. The number of aryl methyl sites for hydroxylation is 2. The minimum Gasteiger partial charge on any atom is -0.316 e. The van der Waals surface area contributed by atoms with Crippen LogP contribution in [0.3, 0.4) is 0 Å². The molecular formula is C16H28ClN3. The molecule has 1 unspecified atom stereocenters. The highest BCUT2D eigenvalue weighted by Crippen LogP contribution is 2.32. The molecule has 0 amide bonds. The van der Waals surface area contributed by atoms with Gasteiger partial charge in [-0.15, -0.1) is 0 Å². The van der Waals surface area contributed by atoms with Gasteiger partial charge in [-0.05, 0) is 38.1 Å². The van der Waals surface area contributed by atoms with Gasteiger partial charge in [-0.2, -0.15) is 5.10 Å². The quantitative estimate of drug-likeness (QED) is 0.900. The fourth-order valence-corrected chi connectivity index (χ4v) is 3.81. The van der Waals surface area contributed by atoms with E-state index in [-0.39, 0.29) is 0 Å². The van der Waals surface area contributed by atoms with Gasteiger partial charge in [0.25, 0.3) is 0 Å². The van der Waals surface area contributed by atoms with Crippen molar-refractivity contribution in [2.45, 2.75) is 58.4 Å². The summed E-state index contributed by atoms with van der Waals surface area (Å²) in [6.45, 7) is 4.48. The van der Waals surface area contributed by atoms with Gasteiger partial charge in [0.05, 0.1) is 16.4 Å². The van der Waals surface area contributed by atoms with Gasteiger partial charge in [0.15, 0.2) is 0 Å². The van der Waals surface area contributed by atoms with Crippen LogP contribution in [0, 0.1) is 11.8 Å². The molecular weight excluding hydrogens is 270 g/mol. The molecule has 4 heteroatoms. The van der Waals surface area contributed by atoms with E-state index in [0.717, 1.165) is 35.4 Å². The van der Waals surface area contributed by atoms with Gasteiger partial charge >= 0.3 is 0 Å². The molecule has 20 heavy (non-hydrogen) atoms. The molecule has 1 aromatic heterocycles. The molecule has 0 spiro atoms. The lowest BCUT2D eigenvalue weighted by atomic mass is 9.78. The Kier molecular flexibility index (Phi) is 5.50.